The molecule has 0 spiro atoms. The van der Waals surface area contributed by atoms with Crippen LogP contribution in [0, 0.1) is 18.8 Å². The number of ether oxygens (including phenoxy) is 1. The highest BCUT2D eigenvalue weighted by molar-refractivity contribution is 7.89. The van der Waals surface area contributed by atoms with Crippen LogP contribution in [0.15, 0.2) is 47.4 Å². The maximum absolute atomic E-state index is 13.6. The summed E-state index contributed by atoms with van der Waals surface area (Å²) < 4.78 is 35.0. The number of aryl methyl sites for hydroxylation is 1. The molecule has 7 nitrogen and oxygen atoms in total. The Balaban J connectivity index is 1.76. The van der Waals surface area contributed by atoms with Crippen LogP contribution in [0.4, 0.5) is 0 Å². The number of fused-ring (bicyclic) bond motifs is 1. The molecule has 0 unspecified atom stereocenters. The molecular weight excluding hydrogens is 452 g/mol. The van der Waals surface area contributed by atoms with Crippen molar-refractivity contribution in [3.05, 3.63) is 48.0 Å². The third-order valence-corrected chi connectivity index (χ3v) is 8.83. The molecule has 8 heteroatoms. The smallest absolute Gasteiger partial charge is 0.247 e. The Kier molecular flexibility index (Phi) is 7.03. The Morgan fingerprint density at radius 3 is 2.44 bits per heavy atom. The number of carbonyl (C=O) groups excluding carboxylic acids is 1. The first-order valence-electron chi connectivity index (χ1n) is 11.9. The lowest BCUT2D eigenvalue weighted by Gasteiger charge is -2.37. The van der Waals surface area contributed by atoms with Crippen molar-refractivity contribution in [1.29, 1.82) is 0 Å². The molecule has 1 saturated carbocycles. The molecule has 34 heavy (non-hydrogen) atoms. The summed E-state index contributed by atoms with van der Waals surface area (Å²) in [6.45, 7) is 5.93. The van der Waals surface area contributed by atoms with Gasteiger partial charge in [0.05, 0.1) is 13.2 Å². The zero-order valence-corrected chi connectivity index (χ0v) is 21.1. The van der Waals surface area contributed by atoms with Crippen LogP contribution in [-0.4, -0.2) is 67.5 Å². The van der Waals surface area contributed by atoms with E-state index in [2.05, 4.69) is 0 Å². The minimum absolute atomic E-state index is 0.0803. The number of benzene rings is 2. The third-order valence-electron chi connectivity index (χ3n) is 6.81. The van der Waals surface area contributed by atoms with Crippen LogP contribution in [0.3, 0.4) is 0 Å². The van der Waals surface area contributed by atoms with Crippen molar-refractivity contribution in [2.45, 2.75) is 50.7 Å². The SMILES string of the molecule is Cc1ccc(-c2ccc3c(c2)O[C@@H](CN(C)C(=O)C2CC2)[C@H](C)CN([C@H](C)CO)S3(=O)=O)cc1. The number of hydrogen-bond acceptors (Lipinski definition) is 5. The molecule has 184 valence electrons. The van der Waals surface area contributed by atoms with Gasteiger partial charge in [0.1, 0.15) is 16.7 Å². The summed E-state index contributed by atoms with van der Waals surface area (Å²) in [5.74, 6) is 0.284. The molecule has 2 aliphatic rings. The topological polar surface area (TPSA) is 87.2 Å². The van der Waals surface area contributed by atoms with Gasteiger partial charge in [0.25, 0.3) is 0 Å². The Morgan fingerprint density at radius 1 is 1.18 bits per heavy atom. The largest absolute Gasteiger partial charge is 0.487 e. The van der Waals surface area contributed by atoms with Crippen molar-refractivity contribution in [2.75, 3.05) is 26.7 Å². The molecule has 1 fully saturated rings. The van der Waals surface area contributed by atoms with Gasteiger partial charge < -0.3 is 14.7 Å². The third kappa shape index (κ3) is 4.99. The first kappa shape index (κ1) is 24.7. The molecule has 1 aliphatic carbocycles. The van der Waals surface area contributed by atoms with Crippen LogP contribution in [-0.2, 0) is 14.8 Å². The highest BCUT2D eigenvalue weighted by Crippen LogP contribution is 2.37. The first-order chi connectivity index (χ1) is 16.1. The summed E-state index contributed by atoms with van der Waals surface area (Å²) >= 11 is 0. The van der Waals surface area contributed by atoms with Crippen molar-refractivity contribution in [1.82, 2.24) is 9.21 Å². The maximum atomic E-state index is 13.6. The molecule has 0 aromatic heterocycles. The Hall–Kier alpha value is -2.42. The van der Waals surface area contributed by atoms with Crippen LogP contribution >= 0.6 is 0 Å². The lowest BCUT2D eigenvalue weighted by atomic mass is 10.0. The van der Waals surface area contributed by atoms with Gasteiger partial charge >= 0.3 is 0 Å². The summed E-state index contributed by atoms with van der Waals surface area (Å²) in [6, 6.07) is 12.6. The maximum Gasteiger partial charge on any atom is 0.247 e. The fourth-order valence-electron chi connectivity index (χ4n) is 4.37. The second-order valence-corrected chi connectivity index (χ2v) is 11.6. The number of aliphatic hydroxyl groups is 1. The lowest BCUT2D eigenvalue weighted by molar-refractivity contribution is -0.132. The fourth-order valence-corrected chi connectivity index (χ4v) is 6.20. The summed E-state index contributed by atoms with van der Waals surface area (Å²) in [7, 11) is -2.11. The average molecular weight is 487 g/mol. The van der Waals surface area contributed by atoms with E-state index in [1.165, 1.54) is 4.31 Å². The molecule has 1 amide bonds. The van der Waals surface area contributed by atoms with Crippen molar-refractivity contribution in [3.8, 4) is 16.9 Å². The monoisotopic (exact) mass is 486 g/mol. The molecule has 2 aromatic carbocycles. The summed E-state index contributed by atoms with van der Waals surface area (Å²) in [6.07, 6.45) is 1.45. The van der Waals surface area contributed by atoms with Gasteiger partial charge in [-0.15, -0.1) is 0 Å². The molecule has 4 rings (SSSR count). The molecule has 1 aliphatic heterocycles. The van der Waals surface area contributed by atoms with Gasteiger partial charge in [0, 0.05) is 31.5 Å². The summed E-state index contributed by atoms with van der Waals surface area (Å²) in [5, 5.41) is 9.79. The molecular formula is C26H34N2O5S. The fraction of sp³-hybridized carbons (Fsp3) is 0.500. The summed E-state index contributed by atoms with van der Waals surface area (Å²) in [5.41, 5.74) is 2.95. The predicted molar refractivity (Wildman–Crippen MR) is 131 cm³/mol. The van der Waals surface area contributed by atoms with E-state index in [1.807, 2.05) is 38.1 Å². The van der Waals surface area contributed by atoms with E-state index in [9.17, 15) is 18.3 Å². The van der Waals surface area contributed by atoms with E-state index in [0.29, 0.717) is 6.54 Å². The van der Waals surface area contributed by atoms with E-state index in [1.54, 1.807) is 37.1 Å². The lowest BCUT2D eigenvalue weighted by Crippen LogP contribution is -2.50. The molecule has 0 radical (unpaired) electrons. The van der Waals surface area contributed by atoms with Gasteiger partial charge in [-0.25, -0.2) is 8.42 Å². The van der Waals surface area contributed by atoms with Gasteiger partial charge in [-0.05, 0) is 49.9 Å². The molecule has 2 aromatic rings. The number of likely N-dealkylation sites (N-methyl/N-ethyl adjacent to an activating group) is 1. The van der Waals surface area contributed by atoms with Gasteiger partial charge in [-0.1, -0.05) is 42.8 Å². The standard InChI is InChI=1S/C26H34N2O5S/c1-17-5-7-20(8-6-17)22-11-12-25-23(13-22)33-24(15-27(4)26(30)21-9-10-21)18(2)14-28(19(3)16-29)34(25,31)32/h5-8,11-13,18-19,21,24,29H,9-10,14-16H2,1-4H3/t18-,19-,24+/m1/s1. The van der Waals surface area contributed by atoms with Crippen molar-refractivity contribution in [3.63, 3.8) is 0 Å². The van der Waals surface area contributed by atoms with Crippen LogP contribution in [0.1, 0.15) is 32.3 Å². The molecule has 3 atom stereocenters. The van der Waals surface area contributed by atoms with Crippen LogP contribution in [0.5, 0.6) is 5.75 Å². The minimum atomic E-state index is -3.90. The number of rotatable bonds is 6. The number of aliphatic hydroxyl groups excluding tert-OH is 1. The Bertz CT molecular complexity index is 1140. The van der Waals surface area contributed by atoms with Crippen LogP contribution in [0.2, 0.25) is 0 Å². The second-order valence-electron chi connectivity index (χ2n) is 9.76. The van der Waals surface area contributed by atoms with Gasteiger partial charge in [-0.2, -0.15) is 4.31 Å². The molecule has 0 saturated heterocycles. The Morgan fingerprint density at radius 2 is 1.82 bits per heavy atom. The number of nitrogens with zero attached hydrogens (tertiary/aromatic N) is 2. The highest BCUT2D eigenvalue weighted by Gasteiger charge is 2.39. The number of carbonyl (C=O) groups is 1. The zero-order valence-electron chi connectivity index (χ0n) is 20.3. The quantitative estimate of drug-likeness (QED) is 0.677. The molecule has 1 N–H and O–H groups in total. The van der Waals surface area contributed by atoms with Gasteiger partial charge in [0.2, 0.25) is 15.9 Å². The number of sulfonamides is 1. The predicted octanol–water partition coefficient (Wildman–Crippen LogP) is 3.30. The number of amides is 1. The van der Waals surface area contributed by atoms with Crippen molar-refractivity contribution < 1.29 is 23.1 Å². The van der Waals surface area contributed by atoms with Crippen molar-refractivity contribution in [2.24, 2.45) is 11.8 Å². The van der Waals surface area contributed by atoms with Gasteiger partial charge in [0.15, 0.2) is 0 Å². The molecule has 0 bridgehead atoms. The Labute approximate surface area is 202 Å². The minimum Gasteiger partial charge on any atom is -0.487 e. The van der Waals surface area contributed by atoms with Gasteiger partial charge in [-0.3, -0.25) is 4.79 Å². The van der Waals surface area contributed by atoms with Crippen molar-refractivity contribution >= 4 is 15.9 Å². The van der Waals surface area contributed by atoms with E-state index in [4.69, 9.17) is 4.74 Å². The highest BCUT2D eigenvalue weighted by atomic mass is 32.2. The van der Waals surface area contributed by atoms with Crippen LogP contribution in [0.25, 0.3) is 11.1 Å². The normalized spacial score (nSPS) is 23.2. The van der Waals surface area contributed by atoms with E-state index in [0.717, 1.165) is 29.5 Å². The molecule has 1 heterocycles. The zero-order chi connectivity index (χ0) is 24.6. The first-order valence-corrected chi connectivity index (χ1v) is 13.3. The van der Waals surface area contributed by atoms with E-state index < -0.39 is 22.2 Å². The van der Waals surface area contributed by atoms with Crippen LogP contribution < -0.4 is 4.74 Å². The average Bonchev–Trinajstić information content (AvgIpc) is 3.66. The number of hydrogen-bond donors (Lipinski definition) is 1. The summed E-state index contributed by atoms with van der Waals surface area (Å²) in [4.78, 5) is 14.4. The second kappa shape index (κ2) is 9.68. The van der Waals surface area contributed by atoms with E-state index in [-0.39, 0.29) is 41.5 Å². The van der Waals surface area contributed by atoms with E-state index >= 15 is 0 Å².